The molecule has 136 valence electrons. The molecule has 0 aliphatic rings. The predicted molar refractivity (Wildman–Crippen MR) is 104 cm³/mol. The van der Waals surface area contributed by atoms with Crippen molar-refractivity contribution in [1.82, 2.24) is 5.32 Å². The Bertz CT molecular complexity index is 726. The Morgan fingerprint density at radius 1 is 1.04 bits per heavy atom. The Morgan fingerprint density at radius 3 is 2.27 bits per heavy atom. The fourth-order valence-corrected chi connectivity index (χ4v) is 2.59. The highest BCUT2D eigenvalue weighted by atomic mass is 16.5. The van der Waals surface area contributed by atoms with Crippen LogP contribution in [0.1, 0.15) is 37.3 Å². The number of nitrogens with one attached hydrogen (secondary N) is 1. The van der Waals surface area contributed by atoms with Crippen LogP contribution in [0.4, 0.5) is 0 Å². The molecule has 0 saturated heterocycles. The summed E-state index contributed by atoms with van der Waals surface area (Å²) in [5, 5.41) is 2.87. The highest BCUT2D eigenvalue weighted by Crippen LogP contribution is 2.18. The van der Waals surface area contributed by atoms with Gasteiger partial charge in [-0.3, -0.25) is 4.79 Å². The fraction of sp³-hybridized carbons (Fsp3) is 0.273. The lowest BCUT2D eigenvalue weighted by Crippen LogP contribution is -2.37. The summed E-state index contributed by atoms with van der Waals surface area (Å²) in [4.78, 5) is 24.1. The van der Waals surface area contributed by atoms with E-state index in [2.05, 4.69) is 24.4 Å². The quantitative estimate of drug-likeness (QED) is 0.579. The largest absolute Gasteiger partial charge is 0.449 e. The van der Waals surface area contributed by atoms with Crippen molar-refractivity contribution in [3.8, 4) is 0 Å². The normalized spacial score (nSPS) is 13.2. The summed E-state index contributed by atoms with van der Waals surface area (Å²) in [5.74, 6) is -0.589. The van der Waals surface area contributed by atoms with Gasteiger partial charge in [-0.2, -0.15) is 0 Å². The lowest BCUT2D eigenvalue weighted by Gasteiger charge is -2.18. The van der Waals surface area contributed by atoms with E-state index in [9.17, 15) is 9.59 Å². The van der Waals surface area contributed by atoms with Crippen molar-refractivity contribution in [2.75, 3.05) is 6.54 Å². The van der Waals surface area contributed by atoms with Crippen LogP contribution in [0, 0.1) is 0 Å². The second-order valence-electron chi connectivity index (χ2n) is 6.08. The molecule has 0 fully saturated rings. The minimum absolute atomic E-state index is 0.237. The average Bonchev–Trinajstić information content (AvgIpc) is 2.68. The SMILES string of the molecule is CC[C@@H](CNC(=O)[C@H](C)OC(=O)/C=C/c1ccccc1)c1ccccc1. The first-order valence-corrected chi connectivity index (χ1v) is 8.86. The molecule has 2 aromatic rings. The lowest BCUT2D eigenvalue weighted by atomic mass is 9.96. The molecule has 1 N–H and O–H groups in total. The Kier molecular flexibility index (Phi) is 7.62. The van der Waals surface area contributed by atoms with Crippen molar-refractivity contribution < 1.29 is 14.3 Å². The van der Waals surface area contributed by atoms with Gasteiger partial charge >= 0.3 is 5.97 Å². The molecular weight excluding hydrogens is 326 g/mol. The summed E-state index contributed by atoms with van der Waals surface area (Å²) < 4.78 is 5.17. The number of esters is 1. The molecule has 0 aromatic heterocycles. The summed E-state index contributed by atoms with van der Waals surface area (Å²) in [6, 6.07) is 19.5. The van der Waals surface area contributed by atoms with Crippen LogP contribution in [0.25, 0.3) is 6.08 Å². The number of ether oxygens (including phenoxy) is 1. The molecule has 2 atom stereocenters. The Morgan fingerprint density at radius 2 is 1.65 bits per heavy atom. The first kappa shape index (κ1) is 19.4. The molecule has 26 heavy (non-hydrogen) atoms. The Labute approximate surface area is 154 Å². The van der Waals surface area contributed by atoms with E-state index in [0.29, 0.717) is 6.54 Å². The molecule has 0 bridgehead atoms. The van der Waals surface area contributed by atoms with E-state index in [4.69, 9.17) is 4.74 Å². The van der Waals surface area contributed by atoms with E-state index >= 15 is 0 Å². The van der Waals surface area contributed by atoms with Gasteiger partial charge in [-0.1, -0.05) is 67.6 Å². The topological polar surface area (TPSA) is 55.4 Å². The highest BCUT2D eigenvalue weighted by Gasteiger charge is 2.18. The van der Waals surface area contributed by atoms with Gasteiger partial charge in [0.2, 0.25) is 0 Å². The zero-order valence-corrected chi connectivity index (χ0v) is 15.2. The Hall–Kier alpha value is -2.88. The third-order valence-electron chi connectivity index (χ3n) is 4.16. The average molecular weight is 351 g/mol. The number of hydrogen-bond donors (Lipinski definition) is 1. The molecule has 0 saturated carbocycles. The van der Waals surface area contributed by atoms with Crippen molar-refractivity contribution in [3.05, 3.63) is 77.9 Å². The second kappa shape index (κ2) is 10.2. The predicted octanol–water partition coefficient (Wildman–Crippen LogP) is 3.94. The van der Waals surface area contributed by atoms with E-state index in [1.807, 2.05) is 48.5 Å². The van der Waals surface area contributed by atoms with Crippen molar-refractivity contribution in [2.45, 2.75) is 32.3 Å². The van der Waals surface area contributed by atoms with Crippen molar-refractivity contribution >= 4 is 18.0 Å². The van der Waals surface area contributed by atoms with Gasteiger partial charge in [0.05, 0.1) is 0 Å². The van der Waals surface area contributed by atoms with Crippen LogP contribution in [0.5, 0.6) is 0 Å². The highest BCUT2D eigenvalue weighted by molar-refractivity contribution is 5.90. The van der Waals surface area contributed by atoms with Gasteiger partial charge in [0, 0.05) is 18.5 Å². The maximum Gasteiger partial charge on any atom is 0.331 e. The first-order valence-electron chi connectivity index (χ1n) is 8.86. The van der Waals surface area contributed by atoms with Crippen LogP contribution in [0.15, 0.2) is 66.7 Å². The number of amides is 1. The number of benzene rings is 2. The summed E-state index contributed by atoms with van der Waals surface area (Å²) in [7, 11) is 0. The molecular formula is C22H25NO3. The van der Waals surface area contributed by atoms with E-state index in [0.717, 1.165) is 12.0 Å². The van der Waals surface area contributed by atoms with Crippen molar-refractivity contribution in [2.24, 2.45) is 0 Å². The maximum absolute atomic E-state index is 12.2. The second-order valence-corrected chi connectivity index (χ2v) is 6.08. The minimum Gasteiger partial charge on any atom is -0.449 e. The lowest BCUT2D eigenvalue weighted by molar-refractivity contribution is -0.150. The monoisotopic (exact) mass is 351 g/mol. The van der Waals surface area contributed by atoms with Gasteiger partial charge in [0.15, 0.2) is 6.10 Å². The number of carbonyl (C=O) groups is 2. The maximum atomic E-state index is 12.2. The summed E-state index contributed by atoms with van der Waals surface area (Å²) in [6.45, 7) is 4.18. The smallest absolute Gasteiger partial charge is 0.331 e. The summed E-state index contributed by atoms with van der Waals surface area (Å²) >= 11 is 0. The first-order chi connectivity index (χ1) is 12.6. The zero-order chi connectivity index (χ0) is 18.8. The zero-order valence-electron chi connectivity index (χ0n) is 15.2. The van der Waals surface area contributed by atoms with E-state index < -0.39 is 12.1 Å². The van der Waals surface area contributed by atoms with Gasteiger partial charge in [-0.15, -0.1) is 0 Å². The van der Waals surface area contributed by atoms with Crippen molar-refractivity contribution in [3.63, 3.8) is 0 Å². The van der Waals surface area contributed by atoms with Gasteiger partial charge < -0.3 is 10.1 Å². The van der Waals surface area contributed by atoms with Crippen LogP contribution in [-0.4, -0.2) is 24.5 Å². The molecule has 0 unspecified atom stereocenters. The minimum atomic E-state index is -0.837. The molecule has 0 spiro atoms. The van der Waals surface area contributed by atoms with Crippen molar-refractivity contribution in [1.29, 1.82) is 0 Å². The number of hydrogen-bond acceptors (Lipinski definition) is 3. The van der Waals surface area contributed by atoms with E-state index in [1.54, 1.807) is 13.0 Å². The molecule has 0 radical (unpaired) electrons. The third kappa shape index (κ3) is 6.20. The van der Waals surface area contributed by atoms with E-state index in [-0.39, 0.29) is 11.8 Å². The third-order valence-corrected chi connectivity index (χ3v) is 4.16. The molecule has 1 amide bonds. The van der Waals surface area contributed by atoms with Gasteiger partial charge in [-0.25, -0.2) is 4.79 Å². The van der Waals surface area contributed by atoms with Crippen LogP contribution >= 0.6 is 0 Å². The summed E-state index contributed by atoms with van der Waals surface area (Å²) in [5.41, 5.74) is 2.08. The molecule has 4 nitrogen and oxygen atoms in total. The fourth-order valence-electron chi connectivity index (χ4n) is 2.59. The standard InChI is InChI=1S/C22H25NO3/c1-3-19(20-12-8-5-9-13-20)16-23-22(25)17(2)26-21(24)15-14-18-10-6-4-7-11-18/h4-15,17,19H,3,16H2,1-2H3,(H,23,25)/b15-14+/t17-,19-/m0/s1. The van der Waals surface area contributed by atoms with Gasteiger partial charge in [0.1, 0.15) is 0 Å². The van der Waals surface area contributed by atoms with Crippen LogP contribution in [0.2, 0.25) is 0 Å². The molecule has 0 aliphatic heterocycles. The molecule has 0 aliphatic carbocycles. The molecule has 4 heteroatoms. The Balaban J connectivity index is 1.81. The van der Waals surface area contributed by atoms with Crippen LogP contribution in [-0.2, 0) is 14.3 Å². The molecule has 0 heterocycles. The van der Waals surface area contributed by atoms with Crippen LogP contribution < -0.4 is 5.32 Å². The van der Waals surface area contributed by atoms with Crippen LogP contribution in [0.3, 0.4) is 0 Å². The van der Waals surface area contributed by atoms with Gasteiger partial charge in [-0.05, 0) is 30.5 Å². The van der Waals surface area contributed by atoms with E-state index in [1.165, 1.54) is 11.6 Å². The van der Waals surface area contributed by atoms with Gasteiger partial charge in [0.25, 0.3) is 5.91 Å². The number of carbonyl (C=O) groups excluding carboxylic acids is 2. The molecule has 2 aromatic carbocycles. The molecule has 2 rings (SSSR count). The number of rotatable bonds is 8. The summed E-state index contributed by atoms with van der Waals surface area (Å²) in [6.07, 6.45) is 3.07.